The van der Waals surface area contributed by atoms with Gasteiger partial charge in [0.15, 0.2) is 5.96 Å². The van der Waals surface area contributed by atoms with Gasteiger partial charge in [-0.2, -0.15) is 11.8 Å². The lowest BCUT2D eigenvalue weighted by Gasteiger charge is -2.37. The van der Waals surface area contributed by atoms with Crippen molar-refractivity contribution in [1.82, 2.24) is 15.1 Å². The Hall–Kier alpha value is -0.420. The van der Waals surface area contributed by atoms with Crippen molar-refractivity contribution < 1.29 is 0 Å². The maximum absolute atomic E-state index is 4.40. The minimum Gasteiger partial charge on any atom is -0.356 e. The average Bonchev–Trinajstić information content (AvgIpc) is 2.40. The van der Waals surface area contributed by atoms with Gasteiger partial charge in [0.05, 0.1) is 0 Å². The SMILES string of the molecule is CN=C(NCCCSC)N1CCN(CC(C)C)CC1. The molecule has 0 spiro atoms. The minimum atomic E-state index is 0.760. The number of guanidine groups is 1. The lowest BCUT2D eigenvalue weighted by atomic mass is 10.2. The molecule has 1 rings (SSSR count). The molecule has 0 bridgehead atoms. The summed E-state index contributed by atoms with van der Waals surface area (Å²) in [6.45, 7) is 11.3. The van der Waals surface area contributed by atoms with E-state index in [4.69, 9.17) is 0 Å². The lowest BCUT2D eigenvalue weighted by molar-refractivity contribution is 0.164. The van der Waals surface area contributed by atoms with Crippen molar-refractivity contribution in [2.45, 2.75) is 20.3 Å². The van der Waals surface area contributed by atoms with Gasteiger partial charge in [-0.25, -0.2) is 0 Å². The second-order valence-corrected chi connectivity index (χ2v) is 6.49. The summed E-state index contributed by atoms with van der Waals surface area (Å²) in [5, 5.41) is 3.47. The Balaban J connectivity index is 2.27. The van der Waals surface area contributed by atoms with Crippen molar-refractivity contribution >= 4 is 17.7 Å². The van der Waals surface area contributed by atoms with E-state index >= 15 is 0 Å². The van der Waals surface area contributed by atoms with Gasteiger partial charge in [-0.15, -0.1) is 0 Å². The number of piperazine rings is 1. The molecule has 4 nitrogen and oxygen atoms in total. The summed E-state index contributed by atoms with van der Waals surface area (Å²) in [6.07, 6.45) is 3.36. The molecule has 0 atom stereocenters. The van der Waals surface area contributed by atoms with Gasteiger partial charge in [-0.3, -0.25) is 9.89 Å². The number of rotatable bonds is 6. The topological polar surface area (TPSA) is 30.9 Å². The first-order valence-electron chi connectivity index (χ1n) is 7.34. The highest BCUT2D eigenvalue weighted by molar-refractivity contribution is 7.98. The smallest absolute Gasteiger partial charge is 0.193 e. The van der Waals surface area contributed by atoms with Gasteiger partial charge in [0.1, 0.15) is 0 Å². The third-order valence-corrected chi connectivity index (χ3v) is 4.01. The Labute approximate surface area is 123 Å². The zero-order valence-corrected chi connectivity index (χ0v) is 13.8. The molecule has 0 aromatic rings. The van der Waals surface area contributed by atoms with Gasteiger partial charge < -0.3 is 10.2 Å². The summed E-state index contributed by atoms with van der Waals surface area (Å²) in [4.78, 5) is 9.34. The Morgan fingerprint density at radius 2 is 1.95 bits per heavy atom. The summed E-state index contributed by atoms with van der Waals surface area (Å²) in [7, 11) is 1.89. The average molecular weight is 286 g/mol. The van der Waals surface area contributed by atoms with Gasteiger partial charge in [-0.05, 0) is 24.3 Å². The van der Waals surface area contributed by atoms with Crippen LogP contribution in [0.1, 0.15) is 20.3 Å². The van der Waals surface area contributed by atoms with Crippen LogP contribution in [0.2, 0.25) is 0 Å². The van der Waals surface area contributed by atoms with Crippen LogP contribution in [0.4, 0.5) is 0 Å². The van der Waals surface area contributed by atoms with Gasteiger partial charge >= 0.3 is 0 Å². The molecular formula is C14H30N4S. The van der Waals surface area contributed by atoms with E-state index < -0.39 is 0 Å². The largest absolute Gasteiger partial charge is 0.356 e. The van der Waals surface area contributed by atoms with Gasteiger partial charge in [0, 0.05) is 46.3 Å². The highest BCUT2D eigenvalue weighted by Crippen LogP contribution is 2.05. The third kappa shape index (κ3) is 6.52. The fraction of sp³-hybridized carbons (Fsp3) is 0.929. The number of aliphatic imine (C=N–C) groups is 1. The van der Waals surface area contributed by atoms with E-state index in [1.807, 2.05) is 18.8 Å². The molecule has 112 valence electrons. The maximum atomic E-state index is 4.40. The van der Waals surface area contributed by atoms with Crippen LogP contribution in [0.3, 0.4) is 0 Å². The van der Waals surface area contributed by atoms with Crippen molar-refractivity contribution in [2.24, 2.45) is 10.9 Å². The first-order chi connectivity index (χ1) is 9.17. The molecule has 0 saturated carbocycles. The zero-order chi connectivity index (χ0) is 14.1. The Morgan fingerprint density at radius 1 is 1.26 bits per heavy atom. The molecule has 0 amide bonds. The molecule has 0 unspecified atom stereocenters. The minimum absolute atomic E-state index is 0.760. The third-order valence-electron chi connectivity index (χ3n) is 3.32. The fourth-order valence-electron chi connectivity index (χ4n) is 2.41. The van der Waals surface area contributed by atoms with Crippen molar-refractivity contribution in [3.05, 3.63) is 0 Å². The van der Waals surface area contributed by atoms with E-state index in [1.165, 1.54) is 18.7 Å². The van der Waals surface area contributed by atoms with Crippen LogP contribution >= 0.6 is 11.8 Å². The second-order valence-electron chi connectivity index (χ2n) is 5.50. The van der Waals surface area contributed by atoms with Crippen LogP contribution in [0.15, 0.2) is 4.99 Å². The van der Waals surface area contributed by atoms with E-state index in [0.29, 0.717) is 0 Å². The number of thioether (sulfide) groups is 1. The van der Waals surface area contributed by atoms with Crippen LogP contribution in [0, 0.1) is 5.92 Å². The van der Waals surface area contributed by atoms with E-state index in [9.17, 15) is 0 Å². The predicted octanol–water partition coefficient (Wildman–Crippen LogP) is 1.59. The predicted molar refractivity (Wildman–Crippen MR) is 87.2 cm³/mol. The Kier molecular flexibility index (Phi) is 8.30. The summed E-state index contributed by atoms with van der Waals surface area (Å²) < 4.78 is 0. The normalized spacial score (nSPS) is 18.2. The number of nitrogens with zero attached hydrogens (tertiary/aromatic N) is 3. The monoisotopic (exact) mass is 286 g/mol. The molecule has 1 fully saturated rings. The van der Waals surface area contributed by atoms with Gasteiger partial charge in [0.25, 0.3) is 0 Å². The van der Waals surface area contributed by atoms with Gasteiger partial charge in [-0.1, -0.05) is 13.8 Å². The van der Waals surface area contributed by atoms with Crippen molar-refractivity contribution in [1.29, 1.82) is 0 Å². The molecule has 19 heavy (non-hydrogen) atoms. The highest BCUT2D eigenvalue weighted by Gasteiger charge is 2.19. The van der Waals surface area contributed by atoms with Crippen molar-refractivity contribution in [3.8, 4) is 0 Å². The molecule has 0 aliphatic carbocycles. The Bertz CT molecular complexity index is 260. The molecule has 0 aromatic heterocycles. The first-order valence-corrected chi connectivity index (χ1v) is 8.73. The molecular weight excluding hydrogens is 256 g/mol. The van der Waals surface area contributed by atoms with E-state index in [0.717, 1.165) is 44.6 Å². The van der Waals surface area contributed by atoms with Crippen LogP contribution < -0.4 is 5.32 Å². The van der Waals surface area contributed by atoms with Crippen molar-refractivity contribution in [2.75, 3.05) is 58.3 Å². The summed E-state index contributed by atoms with van der Waals surface area (Å²) in [5.74, 6) is 3.05. The van der Waals surface area contributed by atoms with E-state index in [2.05, 4.69) is 40.2 Å². The zero-order valence-electron chi connectivity index (χ0n) is 13.0. The maximum Gasteiger partial charge on any atom is 0.193 e. The standard InChI is InChI=1S/C14H30N4S/c1-13(2)12-17-7-9-18(10-8-17)14(15-3)16-6-5-11-19-4/h13H,5-12H2,1-4H3,(H,15,16). The molecule has 0 aromatic carbocycles. The Morgan fingerprint density at radius 3 is 2.47 bits per heavy atom. The van der Waals surface area contributed by atoms with Crippen molar-refractivity contribution in [3.63, 3.8) is 0 Å². The van der Waals surface area contributed by atoms with E-state index in [1.54, 1.807) is 0 Å². The van der Waals surface area contributed by atoms with Crippen LogP contribution in [-0.2, 0) is 0 Å². The molecule has 1 N–H and O–H groups in total. The first kappa shape index (κ1) is 16.6. The van der Waals surface area contributed by atoms with Crippen LogP contribution in [0.5, 0.6) is 0 Å². The molecule has 1 aliphatic heterocycles. The summed E-state index contributed by atoms with van der Waals surface area (Å²) >= 11 is 1.90. The van der Waals surface area contributed by atoms with Crippen LogP contribution in [-0.4, -0.2) is 74.1 Å². The summed E-state index contributed by atoms with van der Waals surface area (Å²) in [5.41, 5.74) is 0. The lowest BCUT2D eigenvalue weighted by Crippen LogP contribution is -2.53. The van der Waals surface area contributed by atoms with Gasteiger partial charge in [0.2, 0.25) is 0 Å². The second kappa shape index (κ2) is 9.48. The summed E-state index contributed by atoms with van der Waals surface area (Å²) in [6, 6.07) is 0. The molecule has 0 radical (unpaired) electrons. The quantitative estimate of drug-likeness (QED) is 0.456. The molecule has 5 heteroatoms. The number of hydrogen-bond acceptors (Lipinski definition) is 3. The van der Waals surface area contributed by atoms with E-state index in [-0.39, 0.29) is 0 Å². The number of hydrogen-bond donors (Lipinski definition) is 1. The van der Waals surface area contributed by atoms with Crippen LogP contribution in [0.25, 0.3) is 0 Å². The molecule has 1 heterocycles. The number of nitrogens with one attached hydrogen (secondary N) is 1. The highest BCUT2D eigenvalue weighted by atomic mass is 32.2. The fourth-order valence-corrected chi connectivity index (χ4v) is 2.84. The molecule has 1 saturated heterocycles. The molecule has 1 aliphatic rings.